The molecule has 37 heavy (non-hydrogen) atoms. The molecule has 0 bridgehead atoms. The molecule has 0 aliphatic rings. The van der Waals surface area contributed by atoms with Crippen molar-refractivity contribution in [3.05, 3.63) is 109 Å². The number of rotatable bonds is 1. The number of hydrogen-bond acceptors (Lipinski definition) is 3. The van der Waals surface area contributed by atoms with Gasteiger partial charge in [0.1, 0.15) is 22.3 Å². The Morgan fingerprint density at radius 2 is 1.16 bits per heavy atom. The van der Waals surface area contributed by atoms with Gasteiger partial charge in [-0.1, -0.05) is 60.7 Å². The van der Waals surface area contributed by atoms with Gasteiger partial charge in [0.25, 0.3) is 0 Å². The predicted molar refractivity (Wildman–Crippen MR) is 157 cm³/mol. The highest BCUT2D eigenvalue weighted by Crippen LogP contribution is 2.45. The van der Waals surface area contributed by atoms with Gasteiger partial charge in [0.05, 0.1) is 0 Å². The van der Waals surface area contributed by atoms with E-state index in [4.69, 9.17) is 8.83 Å². The second-order valence-electron chi connectivity index (χ2n) is 9.70. The van der Waals surface area contributed by atoms with Gasteiger partial charge in [0.15, 0.2) is 0 Å². The van der Waals surface area contributed by atoms with Crippen LogP contribution in [0.5, 0.6) is 0 Å². The number of benzene rings is 6. The average Bonchev–Trinajstić information content (AvgIpc) is 3.64. The lowest BCUT2D eigenvalue weighted by atomic mass is 9.91. The first kappa shape index (κ1) is 19.6. The molecular weight excluding hydrogens is 472 g/mol. The zero-order chi connectivity index (χ0) is 24.1. The fourth-order valence-electron chi connectivity index (χ4n) is 6.05. The third-order valence-electron chi connectivity index (χ3n) is 7.73. The molecule has 3 heteroatoms. The van der Waals surface area contributed by atoms with Crippen molar-refractivity contribution in [1.29, 1.82) is 0 Å². The van der Waals surface area contributed by atoms with Crippen LogP contribution >= 0.6 is 11.3 Å². The van der Waals surface area contributed by atoms with Crippen LogP contribution in [0.25, 0.3) is 86.6 Å². The van der Waals surface area contributed by atoms with E-state index in [1.54, 1.807) is 11.3 Å². The van der Waals surface area contributed by atoms with Crippen molar-refractivity contribution in [3.8, 4) is 11.1 Å². The molecule has 3 aromatic heterocycles. The van der Waals surface area contributed by atoms with Crippen molar-refractivity contribution in [1.82, 2.24) is 0 Å². The highest BCUT2D eigenvalue weighted by molar-refractivity contribution is 7.17. The highest BCUT2D eigenvalue weighted by atomic mass is 32.1. The SMILES string of the molecule is c1ccc2c(c1)oc1cc3cc(-c4csc5ccccc45)c4ccc5c6ccccc6oc5c4c3cc12. The zero-order valence-electron chi connectivity index (χ0n) is 19.6. The second-order valence-corrected chi connectivity index (χ2v) is 10.6. The average molecular weight is 491 g/mol. The molecule has 9 aromatic rings. The predicted octanol–water partition coefficient (Wildman–Crippen LogP) is 10.7. The van der Waals surface area contributed by atoms with Gasteiger partial charge < -0.3 is 8.83 Å². The van der Waals surface area contributed by atoms with Crippen molar-refractivity contribution >= 4 is 86.8 Å². The lowest BCUT2D eigenvalue weighted by Gasteiger charge is -2.11. The number of para-hydroxylation sites is 2. The minimum absolute atomic E-state index is 0.908. The Hall–Kier alpha value is -4.60. The van der Waals surface area contributed by atoms with E-state index in [1.165, 1.54) is 32.0 Å². The number of fused-ring (bicyclic) bond motifs is 11. The van der Waals surface area contributed by atoms with Crippen molar-refractivity contribution in [2.24, 2.45) is 0 Å². The van der Waals surface area contributed by atoms with Crippen LogP contribution in [-0.4, -0.2) is 0 Å². The van der Waals surface area contributed by atoms with Crippen LogP contribution in [0.3, 0.4) is 0 Å². The summed E-state index contributed by atoms with van der Waals surface area (Å²) < 4.78 is 14.2. The molecule has 0 saturated heterocycles. The Bertz CT molecular complexity index is 2360. The molecule has 0 saturated carbocycles. The van der Waals surface area contributed by atoms with Gasteiger partial charge in [0, 0.05) is 42.6 Å². The van der Waals surface area contributed by atoms with Crippen LogP contribution in [0.15, 0.2) is 117 Å². The van der Waals surface area contributed by atoms with E-state index in [-0.39, 0.29) is 0 Å². The van der Waals surface area contributed by atoms with Crippen LogP contribution in [0.1, 0.15) is 0 Å². The normalized spacial score (nSPS) is 12.3. The molecule has 2 nitrogen and oxygen atoms in total. The third-order valence-corrected chi connectivity index (χ3v) is 8.69. The molecule has 0 fully saturated rings. The zero-order valence-corrected chi connectivity index (χ0v) is 20.4. The number of hydrogen-bond donors (Lipinski definition) is 0. The largest absolute Gasteiger partial charge is 0.456 e. The van der Waals surface area contributed by atoms with Gasteiger partial charge in [-0.05, 0) is 69.6 Å². The molecule has 172 valence electrons. The molecule has 6 aromatic carbocycles. The molecular formula is C34H18O2S. The van der Waals surface area contributed by atoms with E-state index in [0.29, 0.717) is 0 Å². The first-order chi connectivity index (χ1) is 18.3. The van der Waals surface area contributed by atoms with Crippen molar-refractivity contribution in [3.63, 3.8) is 0 Å². The number of furan rings is 2. The van der Waals surface area contributed by atoms with Crippen LogP contribution in [-0.2, 0) is 0 Å². The van der Waals surface area contributed by atoms with E-state index in [9.17, 15) is 0 Å². The van der Waals surface area contributed by atoms with Gasteiger partial charge >= 0.3 is 0 Å². The molecule has 0 N–H and O–H groups in total. The number of thiophene rings is 1. The summed E-state index contributed by atoms with van der Waals surface area (Å²) in [5.41, 5.74) is 6.16. The molecule has 0 radical (unpaired) electrons. The molecule has 0 unspecified atom stereocenters. The summed E-state index contributed by atoms with van der Waals surface area (Å²) in [4.78, 5) is 0. The van der Waals surface area contributed by atoms with Gasteiger partial charge in [-0.25, -0.2) is 0 Å². The van der Waals surface area contributed by atoms with Crippen molar-refractivity contribution in [2.75, 3.05) is 0 Å². The summed E-state index contributed by atoms with van der Waals surface area (Å²) in [7, 11) is 0. The summed E-state index contributed by atoms with van der Waals surface area (Å²) in [5, 5.41) is 12.8. The maximum atomic E-state index is 6.59. The first-order valence-corrected chi connectivity index (χ1v) is 13.3. The Morgan fingerprint density at radius 3 is 2.03 bits per heavy atom. The van der Waals surface area contributed by atoms with Gasteiger partial charge in [-0.2, -0.15) is 0 Å². The van der Waals surface area contributed by atoms with Gasteiger partial charge in [-0.3, -0.25) is 0 Å². The maximum Gasteiger partial charge on any atom is 0.143 e. The molecule has 0 aliphatic carbocycles. The first-order valence-electron chi connectivity index (χ1n) is 12.4. The summed E-state index contributed by atoms with van der Waals surface area (Å²) in [6.07, 6.45) is 0. The topological polar surface area (TPSA) is 26.3 Å². The fraction of sp³-hybridized carbons (Fsp3) is 0. The molecule has 0 aliphatic heterocycles. The Labute approximate surface area is 214 Å². The molecule has 3 heterocycles. The minimum atomic E-state index is 0.908. The lowest BCUT2D eigenvalue weighted by Crippen LogP contribution is -1.85. The highest BCUT2D eigenvalue weighted by Gasteiger charge is 2.19. The van der Waals surface area contributed by atoms with Crippen LogP contribution in [0, 0.1) is 0 Å². The van der Waals surface area contributed by atoms with Crippen molar-refractivity contribution in [2.45, 2.75) is 0 Å². The Balaban J connectivity index is 1.53. The van der Waals surface area contributed by atoms with E-state index in [1.807, 2.05) is 18.2 Å². The Morgan fingerprint density at radius 1 is 0.459 bits per heavy atom. The molecule has 0 spiro atoms. The van der Waals surface area contributed by atoms with E-state index in [2.05, 4.69) is 90.3 Å². The Kier molecular flexibility index (Phi) is 3.70. The third kappa shape index (κ3) is 2.59. The maximum absolute atomic E-state index is 6.59. The van der Waals surface area contributed by atoms with Gasteiger partial charge in [0.2, 0.25) is 0 Å². The van der Waals surface area contributed by atoms with E-state index in [0.717, 1.165) is 54.6 Å². The summed E-state index contributed by atoms with van der Waals surface area (Å²) >= 11 is 1.79. The van der Waals surface area contributed by atoms with Crippen LogP contribution < -0.4 is 0 Å². The second kappa shape index (κ2) is 7.00. The van der Waals surface area contributed by atoms with Crippen LogP contribution in [0.4, 0.5) is 0 Å². The standard InChI is InChI=1S/C34H18O2S/c1-5-11-30-20(7-1)24-14-13-23-26(28-18-37-32-12-6-3-9-22(28)32)15-19-16-31-27(17-25(19)33(23)34(24)36-30)21-8-2-4-10-29(21)35-31/h1-18H. The van der Waals surface area contributed by atoms with Crippen LogP contribution in [0.2, 0.25) is 0 Å². The van der Waals surface area contributed by atoms with E-state index < -0.39 is 0 Å². The van der Waals surface area contributed by atoms with Gasteiger partial charge in [-0.15, -0.1) is 11.3 Å². The summed E-state index contributed by atoms with van der Waals surface area (Å²) in [6.45, 7) is 0. The fourth-order valence-corrected chi connectivity index (χ4v) is 7.01. The van der Waals surface area contributed by atoms with Crippen molar-refractivity contribution < 1.29 is 8.83 Å². The summed E-state index contributed by atoms with van der Waals surface area (Å²) in [5.74, 6) is 0. The molecule has 0 amide bonds. The molecule has 0 atom stereocenters. The smallest absolute Gasteiger partial charge is 0.143 e. The monoisotopic (exact) mass is 490 g/mol. The summed E-state index contributed by atoms with van der Waals surface area (Å²) in [6, 6.07) is 36.6. The van der Waals surface area contributed by atoms with E-state index >= 15 is 0 Å². The lowest BCUT2D eigenvalue weighted by molar-refractivity contribution is 0.669. The molecule has 9 rings (SSSR count). The quantitative estimate of drug-likeness (QED) is 0.214. The minimum Gasteiger partial charge on any atom is -0.456 e.